The molecule has 0 radical (unpaired) electrons. The zero-order valence-electron chi connectivity index (χ0n) is 9.20. The third-order valence-electron chi connectivity index (χ3n) is 2.76. The van der Waals surface area contributed by atoms with Gasteiger partial charge in [-0.3, -0.25) is 0 Å². The Bertz CT molecular complexity index is 626. The second-order valence-corrected chi connectivity index (χ2v) is 3.88. The van der Waals surface area contributed by atoms with Gasteiger partial charge in [0, 0.05) is 0 Å². The first-order chi connectivity index (χ1) is 8.45. The molecule has 2 rings (SSSR count). The lowest BCUT2D eigenvalue weighted by Crippen LogP contribution is -2.28. The standard InChI is InChI=1S/C13H9F3N2/c14-13(15,16)12(18)11-6-2-4-9-8(7-17)3-1-5-10(9)11/h1-6,12H,18H2/t12-/m0/s1. The van der Waals surface area contributed by atoms with Crippen molar-refractivity contribution < 1.29 is 13.2 Å². The number of hydrogen-bond donors (Lipinski definition) is 1. The highest BCUT2D eigenvalue weighted by Crippen LogP contribution is 2.34. The Morgan fingerprint density at radius 3 is 2.28 bits per heavy atom. The number of rotatable bonds is 1. The van der Waals surface area contributed by atoms with Crippen molar-refractivity contribution >= 4 is 10.8 Å². The molecule has 0 bridgehead atoms. The predicted octanol–water partition coefficient (Wildman–Crippen LogP) is 3.27. The highest BCUT2D eigenvalue weighted by molar-refractivity contribution is 5.90. The van der Waals surface area contributed by atoms with Gasteiger partial charge in [0.2, 0.25) is 0 Å². The van der Waals surface area contributed by atoms with Gasteiger partial charge in [0.1, 0.15) is 6.04 Å². The summed E-state index contributed by atoms with van der Waals surface area (Å²) in [6, 6.07) is 8.98. The molecule has 18 heavy (non-hydrogen) atoms. The van der Waals surface area contributed by atoms with Crippen molar-refractivity contribution in [2.45, 2.75) is 12.2 Å². The van der Waals surface area contributed by atoms with Crippen LogP contribution < -0.4 is 5.73 Å². The largest absolute Gasteiger partial charge is 0.407 e. The maximum Gasteiger partial charge on any atom is 0.407 e. The van der Waals surface area contributed by atoms with E-state index in [2.05, 4.69) is 0 Å². The molecule has 92 valence electrons. The van der Waals surface area contributed by atoms with Crippen LogP contribution in [0.2, 0.25) is 0 Å². The summed E-state index contributed by atoms with van der Waals surface area (Å²) >= 11 is 0. The maximum atomic E-state index is 12.7. The highest BCUT2D eigenvalue weighted by Gasteiger charge is 2.38. The van der Waals surface area contributed by atoms with E-state index < -0.39 is 12.2 Å². The van der Waals surface area contributed by atoms with Gasteiger partial charge in [-0.15, -0.1) is 0 Å². The Kier molecular flexibility index (Phi) is 2.97. The molecule has 0 spiro atoms. The number of nitrogens with zero attached hydrogens (tertiary/aromatic N) is 1. The van der Waals surface area contributed by atoms with Crippen LogP contribution in [-0.2, 0) is 0 Å². The Balaban J connectivity index is 2.71. The van der Waals surface area contributed by atoms with E-state index in [0.29, 0.717) is 16.3 Å². The second kappa shape index (κ2) is 4.31. The molecule has 0 saturated heterocycles. The van der Waals surface area contributed by atoms with Crippen molar-refractivity contribution in [3.8, 4) is 6.07 Å². The second-order valence-electron chi connectivity index (χ2n) is 3.88. The fourth-order valence-corrected chi connectivity index (χ4v) is 1.88. The Morgan fingerprint density at radius 1 is 1.06 bits per heavy atom. The summed E-state index contributed by atoms with van der Waals surface area (Å²) < 4.78 is 38.0. The summed E-state index contributed by atoms with van der Waals surface area (Å²) in [5, 5.41) is 9.77. The van der Waals surface area contributed by atoms with Gasteiger partial charge < -0.3 is 5.73 Å². The molecule has 0 fully saturated rings. The molecule has 0 aliphatic carbocycles. The average molecular weight is 250 g/mol. The van der Waals surface area contributed by atoms with Gasteiger partial charge in [0.25, 0.3) is 0 Å². The van der Waals surface area contributed by atoms with Gasteiger partial charge in [0.15, 0.2) is 0 Å². The third-order valence-corrected chi connectivity index (χ3v) is 2.76. The normalized spacial score (nSPS) is 13.3. The van der Waals surface area contributed by atoms with E-state index in [-0.39, 0.29) is 5.56 Å². The van der Waals surface area contributed by atoms with E-state index in [9.17, 15) is 13.2 Å². The van der Waals surface area contributed by atoms with Gasteiger partial charge >= 0.3 is 6.18 Å². The van der Waals surface area contributed by atoms with Crippen LogP contribution in [0.4, 0.5) is 13.2 Å². The first-order valence-electron chi connectivity index (χ1n) is 5.19. The molecule has 0 unspecified atom stereocenters. The molecule has 2 aromatic carbocycles. The highest BCUT2D eigenvalue weighted by atomic mass is 19.4. The summed E-state index contributed by atoms with van der Waals surface area (Å²) in [6.45, 7) is 0. The predicted molar refractivity (Wildman–Crippen MR) is 61.6 cm³/mol. The number of benzene rings is 2. The molecule has 2 N–H and O–H groups in total. The molecule has 0 heterocycles. The Labute approximate surface area is 101 Å². The first kappa shape index (κ1) is 12.4. The molecule has 5 heteroatoms. The zero-order valence-corrected chi connectivity index (χ0v) is 9.20. The summed E-state index contributed by atoms with van der Waals surface area (Å²) in [6.07, 6.45) is -4.50. The van der Waals surface area contributed by atoms with Crippen LogP contribution in [0.3, 0.4) is 0 Å². The molecule has 2 aromatic rings. The molecular weight excluding hydrogens is 241 g/mol. The van der Waals surface area contributed by atoms with E-state index in [4.69, 9.17) is 11.0 Å². The van der Waals surface area contributed by atoms with Crippen molar-refractivity contribution in [3.63, 3.8) is 0 Å². The SMILES string of the molecule is N#Cc1cccc2c([C@H](N)C(F)(F)F)cccc12. The fourth-order valence-electron chi connectivity index (χ4n) is 1.88. The lowest BCUT2D eigenvalue weighted by atomic mass is 9.96. The summed E-state index contributed by atoms with van der Waals surface area (Å²) in [5.74, 6) is 0. The molecule has 0 saturated carbocycles. The quantitative estimate of drug-likeness (QED) is 0.844. The molecule has 0 amide bonds. The monoisotopic (exact) mass is 250 g/mol. The van der Waals surface area contributed by atoms with Gasteiger partial charge in [-0.2, -0.15) is 18.4 Å². The molecule has 0 aliphatic heterocycles. The zero-order chi connectivity index (χ0) is 13.3. The van der Waals surface area contributed by atoms with E-state index in [1.807, 2.05) is 6.07 Å². The summed E-state index contributed by atoms with van der Waals surface area (Å²) in [7, 11) is 0. The topological polar surface area (TPSA) is 49.8 Å². The molecule has 1 atom stereocenters. The van der Waals surface area contributed by atoms with Crippen LogP contribution in [0, 0.1) is 11.3 Å². The van der Waals surface area contributed by atoms with Crippen molar-refractivity contribution in [2.75, 3.05) is 0 Å². The molecular formula is C13H9F3N2. The van der Waals surface area contributed by atoms with Crippen molar-refractivity contribution in [1.82, 2.24) is 0 Å². The van der Waals surface area contributed by atoms with Crippen LogP contribution in [0.5, 0.6) is 0 Å². The fraction of sp³-hybridized carbons (Fsp3) is 0.154. The number of nitriles is 1. The van der Waals surface area contributed by atoms with Crippen LogP contribution >= 0.6 is 0 Å². The lowest BCUT2D eigenvalue weighted by molar-refractivity contribution is -0.148. The summed E-state index contributed by atoms with van der Waals surface area (Å²) in [4.78, 5) is 0. The number of fused-ring (bicyclic) bond motifs is 1. The minimum absolute atomic E-state index is 0.0166. The smallest absolute Gasteiger partial charge is 0.316 e. The van der Waals surface area contributed by atoms with Crippen molar-refractivity contribution in [2.24, 2.45) is 5.73 Å². The Morgan fingerprint density at radius 2 is 1.67 bits per heavy atom. The average Bonchev–Trinajstić information content (AvgIpc) is 2.35. The van der Waals surface area contributed by atoms with Crippen LogP contribution in [0.25, 0.3) is 10.8 Å². The van der Waals surface area contributed by atoms with Crippen LogP contribution in [0.1, 0.15) is 17.2 Å². The number of hydrogen-bond acceptors (Lipinski definition) is 2. The Hall–Kier alpha value is -2.06. The maximum absolute atomic E-state index is 12.7. The first-order valence-corrected chi connectivity index (χ1v) is 5.19. The molecule has 0 aromatic heterocycles. The van der Waals surface area contributed by atoms with Crippen LogP contribution in [0.15, 0.2) is 36.4 Å². The van der Waals surface area contributed by atoms with Crippen molar-refractivity contribution in [3.05, 3.63) is 47.5 Å². The third kappa shape index (κ3) is 2.03. The summed E-state index contributed by atoms with van der Waals surface area (Å²) in [5.41, 5.74) is 5.54. The van der Waals surface area contributed by atoms with Gasteiger partial charge in [-0.1, -0.05) is 30.3 Å². The van der Waals surface area contributed by atoms with Crippen LogP contribution in [-0.4, -0.2) is 6.18 Å². The van der Waals surface area contributed by atoms with Gasteiger partial charge in [-0.05, 0) is 22.4 Å². The van der Waals surface area contributed by atoms with E-state index in [1.54, 1.807) is 18.2 Å². The van der Waals surface area contributed by atoms with Gasteiger partial charge in [-0.25, -0.2) is 0 Å². The number of alkyl halides is 3. The molecule has 2 nitrogen and oxygen atoms in total. The van der Waals surface area contributed by atoms with E-state index in [1.165, 1.54) is 18.2 Å². The molecule has 0 aliphatic rings. The minimum Gasteiger partial charge on any atom is -0.316 e. The minimum atomic E-state index is -4.50. The number of nitrogens with two attached hydrogens (primary N) is 1. The van der Waals surface area contributed by atoms with Crippen molar-refractivity contribution in [1.29, 1.82) is 5.26 Å². The van der Waals surface area contributed by atoms with E-state index >= 15 is 0 Å². The number of halogens is 3. The van der Waals surface area contributed by atoms with Gasteiger partial charge in [0.05, 0.1) is 11.6 Å². The van der Waals surface area contributed by atoms with E-state index in [0.717, 1.165) is 0 Å². The lowest BCUT2D eigenvalue weighted by Gasteiger charge is -2.18.